The first kappa shape index (κ1) is 14.5. The molecule has 5 nitrogen and oxygen atoms in total. The highest BCUT2D eigenvalue weighted by Gasteiger charge is 2.20. The Kier molecular flexibility index (Phi) is 4.01. The molecule has 5 heteroatoms. The van der Waals surface area contributed by atoms with Gasteiger partial charge >= 0.3 is 5.97 Å². The molecule has 0 radical (unpaired) electrons. The average Bonchev–Trinajstić information content (AvgIpc) is 2.91. The van der Waals surface area contributed by atoms with Crippen LogP contribution in [0.5, 0.6) is 0 Å². The summed E-state index contributed by atoms with van der Waals surface area (Å²) in [6.07, 6.45) is 5.86. The number of rotatable bonds is 3. The standard InChI is InChI=1S/C17H18N2O3/c1-21-17(20)11-7-8-15-13(9-11)14(10-18)16(22-15)19-12-5-3-2-4-6-12/h7-9,12,19H,2-6H2,1H3. The van der Waals surface area contributed by atoms with Gasteiger partial charge in [0, 0.05) is 11.4 Å². The van der Waals surface area contributed by atoms with Crippen LogP contribution in [-0.2, 0) is 4.74 Å². The summed E-state index contributed by atoms with van der Waals surface area (Å²) >= 11 is 0. The summed E-state index contributed by atoms with van der Waals surface area (Å²) in [5, 5.41) is 13.4. The lowest BCUT2D eigenvalue weighted by molar-refractivity contribution is 0.0601. The Bertz CT molecular complexity index is 736. The minimum Gasteiger partial charge on any atom is -0.465 e. The number of nitrogens with zero attached hydrogens (tertiary/aromatic N) is 1. The first-order valence-corrected chi connectivity index (χ1v) is 7.54. The van der Waals surface area contributed by atoms with Gasteiger partial charge in [-0.2, -0.15) is 5.26 Å². The Labute approximate surface area is 128 Å². The van der Waals surface area contributed by atoms with Gasteiger partial charge in [0.1, 0.15) is 17.2 Å². The van der Waals surface area contributed by atoms with Crippen molar-refractivity contribution in [3.05, 3.63) is 29.3 Å². The molecule has 0 unspecified atom stereocenters. The topological polar surface area (TPSA) is 75.3 Å². The van der Waals surface area contributed by atoms with Crippen LogP contribution >= 0.6 is 0 Å². The number of hydrogen-bond acceptors (Lipinski definition) is 5. The van der Waals surface area contributed by atoms with E-state index in [9.17, 15) is 10.1 Å². The second kappa shape index (κ2) is 6.10. The third-order valence-electron chi connectivity index (χ3n) is 4.16. The van der Waals surface area contributed by atoms with E-state index in [2.05, 4.69) is 11.4 Å². The Hall–Kier alpha value is -2.48. The van der Waals surface area contributed by atoms with Crippen LogP contribution in [0, 0.1) is 11.3 Å². The molecule has 1 aliphatic carbocycles. The van der Waals surface area contributed by atoms with E-state index >= 15 is 0 Å². The van der Waals surface area contributed by atoms with Crippen molar-refractivity contribution in [3.63, 3.8) is 0 Å². The number of benzene rings is 1. The third kappa shape index (κ3) is 2.64. The number of nitriles is 1. The zero-order valence-corrected chi connectivity index (χ0v) is 12.5. The molecule has 1 aromatic carbocycles. The molecule has 114 valence electrons. The molecule has 0 aliphatic heterocycles. The van der Waals surface area contributed by atoms with Crippen LogP contribution in [0.15, 0.2) is 22.6 Å². The van der Waals surface area contributed by atoms with E-state index < -0.39 is 5.97 Å². The summed E-state index contributed by atoms with van der Waals surface area (Å²) in [7, 11) is 1.34. The molecule has 3 rings (SSSR count). The molecule has 1 aliphatic rings. The minimum absolute atomic E-state index is 0.349. The maximum atomic E-state index is 11.6. The van der Waals surface area contributed by atoms with Crippen molar-refractivity contribution < 1.29 is 13.9 Å². The number of furan rings is 1. The highest BCUT2D eigenvalue weighted by Crippen LogP contribution is 2.32. The van der Waals surface area contributed by atoms with Crippen LogP contribution in [0.3, 0.4) is 0 Å². The van der Waals surface area contributed by atoms with Crippen molar-refractivity contribution in [1.82, 2.24) is 0 Å². The predicted octanol–water partition coefficient (Wildman–Crippen LogP) is 3.84. The Morgan fingerprint density at radius 3 is 2.82 bits per heavy atom. The highest BCUT2D eigenvalue weighted by atomic mass is 16.5. The molecular formula is C17H18N2O3. The lowest BCUT2D eigenvalue weighted by atomic mass is 9.95. The molecule has 2 aromatic rings. The molecule has 22 heavy (non-hydrogen) atoms. The second-order valence-electron chi connectivity index (χ2n) is 5.60. The first-order valence-electron chi connectivity index (χ1n) is 7.54. The van der Waals surface area contributed by atoms with E-state index in [4.69, 9.17) is 9.15 Å². The van der Waals surface area contributed by atoms with Crippen LogP contribution in [0.1, 0.15) is 48.0 Å². The zero-order chi connectivity index (χ0) is 15.5. The van der Waals surface area contributed by atoms with Crippen LogP contribution < -0.4 is 5.32 Å². The summed E-state index contributed by atoms with van der Waals surface area (Å²) in [5.74, 6) is 0.0835. The van der Waals surface area contributed by atoms with Crippen molar-refractivity contribution in [3.8, 4) is 6.07 Å². The third-order valence-corrected chi connectivity index (χ3v) is 4.16. The van der Waals surface area contributed by atoms with Crippen LogP contribution in [0.2, 0.25) is 0 Å². The number of hydrogen-bond donors (Lipinski definition) is 1. The average molecular weight is 298 g/mol. The molecule has 1 heterocycles. The van der Waals surface area contributed by atoms with E-state index in [-0.39, 0.29) is 0 Å². The van der Waals surface area contributed by atoms with Gasteiger partial charge in [-0.1, -0.05) is 19.3 Å². The number of methoxy groups -OCH3 is 1. The van der Waals surface area contributed by atoms with Crippen LogP contribution in [-0.4, -0.2) is 19.1 Å². The summed E-state index contributed by atoms with van der Waals surface area (Å²) in [6, 6.07) is 7.53. The monoisotopic (exact) mass is 298 g/mol. The lowest BCUT2D eigenvalue weighted by Crippen LogP contribution is -2.22. The number of carbonyl (C=O) groups is 1. The van der Waals surface area contributed by atoms with Gasteiger partial charge in [0.25, 0.3) is 0 Å². The van der Waals surface area contributed by atoms with Gasteiger partial charge in [-0.05, 0) is 31.0 Å². The Morgan fingerprint density at radius 1 is 1.36 bits per heavy atom. The Morgan fingerprint density at radius 2 is 2.14 bits per heavy atom. The van der Waals surface area contributed by atoms with Crippen molar-refractivity contribution in [1.29, 1.82) is 5.26 Å². The van der Waals surface area contributed by atoms with E-state index in [0.717, 1.165) is 12.8 Å². The van der Waals surface area contributed by atoms with Gasteiger partial charge in [0.2, 0.25) is 5.88 Å². The van der Waals surface area contributed by atoms with Gasteiger partial charge in [0.15, 0.2) is 0 Å². The van der Waals surface area contributed by atoms with Gasteiger partial charge < -0.3 is 14.5 Å². The fourth-order valence-corrected chi connectivity index (χ4v) is 2.99. The van der Waals surface area contributed by atoms with Crippen LogP contribution in [0.4, 0.5) is 5.88 Å². The molecule has 0 spiro atoms. The number of nitrogens with one attached hydrogen (secondary N) is 1. The number of anilines is 1. The summed E-state index contributed by atoms with van der Waals surface area (Å²) in [5.41, 5.74) is 1.46. The maximum absolute atomic E-state index is 11.6. The van der Waals surface area contributed by atoms with Gasteiger partial charge in [-0.25, -0.2) is 4.79 Å². The zero-order valence-electron chi connectivity index (χ0n) is 12.5. The molecule has 0 amide bonds. The van der Waals surface area contributed by atoms with Crippen molar-refractivity contribution >= 4 is 22.8 Å². The summed E-state index contributed by atoms with van der Waals surface area (Å²) in [6.45, 7) is 0. The summed E-state index contributed by atoms with van der Waals surface area (Å²) in [4.78, 5) is 11.6. The van der Waals surface area contributed by atoms with E-state index in [0.29, 0.717) is 34.0 Å². The second-order valence-corrected chi connectivity index (χ2v) is 5.60. The van der Waals surface area contributed by atoms with Crippen molar-refractivity contribution in [2.45, 2.75) is 38.1 Å². The lowest BCUT2D eigenvalue weighted by Gasteiger charge is -2.22. The fourth-order valence-electron chi connectivity index (χ4n) is 2.99. The molecule has 0 atom stereocenters. The number of ether oxygens (including phenoxy) is 1. The smallest absolute Gasteiger partial charge is 0.337 e. The van der Waals surface area contributed by atoms with Gasteiger partial charge in [0.05, 0.1) is 12.7 Å². The van der Waals surface area contributed by atoms with Crippen LogP contribution in [0.25, 0.3) is 11.0 Å². The largest absolute Gasteiger partial charge is 0.465 e. The minimum atomic E-state index is -0.422. The SMILES string of the molecule is COC(=O)c1ccc2oc(NC3CCCCC3)c(C#N)c2c1. The maximum Gasteiger partial charge on any atom is 0.337 e. The van der Waals surface area contributed by atoms with Crippen molar-refractivity contribution in [2.75, 3.05) is 12.4 Å². The quantitative estimate of drug-likeness (QED) is 0.871. The first-order chi connectivity index (χ1) is 10.7. The molecule has 1 saturated carbocycles. The molecule has 0 bridgehead atoms. The molecule has 1 aromatic heterocycles. The molecular weight excluding hydrogens is 280 g/mol. The normalized spacial score (nSPS) is 15.5. The number of carbonyl (C=O) groups excluding carboxylic acids is 1. The van der Waals surface area contributed by atoms with E-state index in [1.807, 2.05) is 0 Å². The van der Waals surface area contributed by atoms with E-state index in [1.165, 1.54) is 26.4 Å². The number of fused-ring (bicyclic) bond motifs is 1. The van der Waals surface area contributed by atoms with Crippen molar-refractivity contribution in [2.24, 2.45) is 0 Å². The predicted molar refractivity (Wildman–Crippen MR) is 82.8 cm³/mol. The highest BCUT2D eigenvalue weighted by molar-refractivity contribution is 5.97. The molecule has 1 fully saturated rings. The summed E-state index contributed by atoms with van der Waals surface area (Å²) < 4.78 is 10.5. The van der Waals surface area contributed by atoms with Gasteiger partial charge in [-0.3, -0.25) is 0 Å². The van der Waals surface area contributed by atoms with Gasteiger partial charge in [-0.15, -0.1) is 0 Å². The Balaban J connectivity index is 1.97. The molecule has 0 saturated heterocycles. The fraction of sp³-hybridized carbons (Fsp3) is 0.412. The molecule has 1 N–H and O–H groups in total. The van der Waals surface area contributed by atoms with E-state index in [1.54, 1.807) is 18.2 Å². The number of esters is 1.